The number of aryl methyl sites for hydroxylation is 1. The maximum atomic E-state index is 11.7. The summed E-state index contributed by atoms with van der Waals surface area (Å²) in [6, 6.07) is 7.28. The number of hydrogen-bond donors (Lipinski definition) is 3. The fraction of sp³-hybridized carbons (Fsp3) is 0.353. The van der Waals surface area contributed by atoms with E-state index >= 15 is 0 Å². The molecule has 1 aromatic heterocycles. The van der Waals surface area contributed by atoms with Crippen LogP contribution in [0.15, 0.2) is 30.5 Å². The van der Waals surface area contributed by atoms with E-state index in [1.165, 1.54) is 0 Å². The minimum absolute atomic E-state index is 0.119. The molecule has 1 aromatic carbocycles. The molecular formula is C17H23N5O. The molecule has 0 spiro atoms. The molecule has 2 aromatic rings. The molecule has 122 valence electrons. The predicted molar refractivity (Wildman–Crippen MR) is 93.3 cm³/mol. The van der Waals surface area contributed by atoms with Gasteiger partial charge >= 0.3 is 0 Å². The van der Waals surface area contributed by atoms with E-state index in [1.807, 2.05) is 19.1 Å². The zero-order valence-corrected chi connectivity index (χ0v) is 14.2. The van der Waals surface area contributed by atoms with Crippen molar-refractivity contribution in [2.75, 3.05) is 17.7 Å². The number of nitrogens with one attached hydrogen (secondary N) is 3. The van der Waals surface area contributed by atoms with Crippen molar-refractivity contribution in [3.63, 3.8) is 0 Å². The lowest BCUT2D eigenvalue weighted by Gasteiger charge is -2.21. The first kappa shape index (κ1) is 16.7. The third-order valence-electron chi connectivity index (χ3n) is 3.07. The molecule has 6 nitrogen and oxygen atoms in total. The van der Waals surface area contributed by atoms with Gasteiger partial charge in [0.15, 0.2) is 0 Å². The maximum Gasteiger partial charge on any atom is 0.251 e. The highest BCUT2D eigenvalue weighted by Crippen LogP contribution is 2.21. The molecule has 0 unspecified atom stereocenters. The second-order valence-electron chi connectivity index (χ2n) is 6.39. The summed E-state index contributed by atoms with van der Waals surface area (Å²) in [6.45, 7) is 8.09. The Balaban J connectivity index is 2.26. The van der Waals surface area contributed by atoms with E-state index in [1.54, 1.807) is 25.4 Å². The molecular weight excluding hydrogens is 290 g/mol. The lowest BCUT2D eigenvalue weighted by atomic mass is 10.1. The highest BCUT2D eigenvalue weighted by atomic mass is 16.1. The number of hydrogen-bond acceptors (Lipinski definition) is 5. The van der Waals surface area contributed by atoms with Crippen LogP contribution in [0.5, 0.6) is 0 Å². The van der Waals surface area contributed by atoms with Crippen molar-refractivity contribution in [1.29, 1.82) is 0 Å². The molecule has 0 aliphatic heterocycles. The average molecular weight is 313 g/mol. The van der Waals surface area contributed by atoms with Crippen LogP contribution in [0.4, 0.5) is 17.5 Å². The third kappa shape index (κ3) is 4.67. The van der Waals surface area contributed by atoms with Gasteiger partial charge in [-0.05, 0) is 45.9 Å². The maximum absolute atomic E-state index is 11.7. The Morgan fingerprint density at radius 3 is 2.61 bits per heavy atom. The number of nitrogens with zero attached hydrogens (tertiary/aromatic N) is 2. The van der Waals surface area contributed by atoms with E-state index in [0.717, 1.165) is 11.3 Å². The molecule has 0 radical (unpaired) electrons. The lowest BCUT2D eigenvalue weighted by molar-refractivity contribution is 0.0963. The average Bonchev–Trinajstić information content (AvgIpc) is 2.48. The van der Waals surface area contributed by atoms with Crippen LogP contribution in [0.1, 0.15) is 36.7 Å². The third-order valence-corrected chi connectivity index (χ3v) is 3.07. The summed E-state index contributed by atoms with van der Waals surface area (Å²) in [5, 5.41) is 9.11. The summed E-state index contributed by atoms with van der Waals surface area (Å²) in [4.78, 5) is 20.5. The van der Waals surface area contributed by atoms with Crippen LogP contribution in [0, 0.1) is 6.92 Å². The van der Waals surface area contributed by atoms with Gasteiger partial charge in [0.2, 0.25) is 5.95 Å². The van der Waals surface area contributed by atoms with Crippen molar-refractivity contribution in [3.05, 3.63) is 41.6 Å². The predicted octanol–water partition coefficient (Wildman–Crippen LogP) is 3.10. The minimum Gasteiger partial charge on any atom is -0.355 e. The summed E-state index contributed by atoms with van der Waals surface area (Å²) >= 11 is 0. The zero-order chi connectivity index (χ0) is 17.0. The van der Waals surface area contributed by atoms with Gasteiger partial charge in [-0.3, -0.25) is 4.79 Å². The van der Waals surface area contributed by atoms with Crippen molar-refractivity contribution >= 4 is 23.4 Å². The van der Waals surface area contributed by atoms with E-state index in [4.69, 9.17) is 0 Å². The van der Waals surface area contributed by atoms with E-state index in [9.17, 15) is 4.79 Å². The van der Waals surface area contributed by atoms with Crippen LogP contribution in [0.25, 0.3) is 0 Å². The minimum atomic E-state index is -0.122. The highest BCUT2D eigenvalue weighted by Gasteiger charge is 2.13. The smallest absolute Gasteiger partial charge is 0.251 e. The molecule has 0 saturated heterocycles. The Morgan fingerprint density at radius 1 is 1.22 bits per heavy atom. The van der Waals surface area contributed by atoms with Gasteiger partial charge in [-0.15, -0.1) is 0 Å². The molecule has 0 atom stereocenters. The second kappa shape index (κ2) is 6.64. The van der Waals surface area contributed by atoms with E-state index < -0.39 is 0 Å². The molecule has 3 N–H and O–H groups in total. The van der Waals surface area contributed by atoms with Gasteiger partial charge in [-0.25, -0.2) is 4.98 Å². The summed E-state index contributed by atoms with van der Waals surface area (Å²) < 4.78 is 0. The fourth-order valence-corrected chi connectivity index (χ4v) is 1.98. The summed E-state index contributed by atoms with van der Waals surface area (Å²) in [5.74, 6) is 1.15. The summed E-state index contributed by atoms with van der Waals surface area (Å²) in [5.41, 5.74) is 2.20. The number of aromatic nitrogens is 2. The topological polar surface area (TPSA) is 78.9 Å². The molecule has 2 rings (SSSR count). The van der Waals surface area contributed by atoms with Crippen LogP contribution in [0.2, 0.25) is 0 Å². The molecule has 0 saturated carbocycles. The number of anilines is 3. The normalized spacial score (nSPS) is 11.0. The molecule has 1 amide bonds. The standard InChI is InChI=1S/C17H23N5O/c1-11-10-19-16(22-17(2,3)4)21-14(11)20-13-8-6-7-12(9-13)15(23)18-5/h6-10H,1-5H3,(H,18,23)(H2,19,20,21,22). The summed E-state index contributed by atoms with van der Waals surface area (Å²) in [7, 11) is 1.61. The Morgan fingerprint density at radius 2 is 1.96 bits per heavy atom. The summed E-state index contributed by atoms with van der Waals surface area (Å²) in [6.07, 6.45) is 1.77. The molecule has 0 aliphatic carbocycles. The van der Waals surface area contributed by atoms with E-state index in [2.05, 4.69) is 46.7 Å². The van der Waals surface area contributed by atoms with Gasteiger partial charge in [-0.2, -0.15) is 4.98 Å². The van der Waals surface area contributed by atoms with Gasteiger partial charge < -0.3 is 16.0 Å². The van der Waals surface area contributed by atoms with Crippen molar-refractivity contribution in [1.82, 2.24) is 15.3 Å². The van der Waals surface area contributed by atoms with Crippen molar-refractivity contribution in [2.45, 2.75) is 33.2 Å². The molecule has 1 heterocycles. The fourth-order valence-electron chi connectivity index (χ4n) is 1.98. The van der Waals surface area contributed by atoms with Gasteiger partial charge in [0.1, 0.15) is 5.82 Å². The van der Waals surface area contributed by atoms with Crippen LogP contribution in [0.3, 0.4) is 0 Å². The highest BCUT2D eigenvalue weighted by molar-refractivity contribution is 5.95. The second-order valence-corrected chi connectivity index (χ2v) is 6.39. The molecule has 0 fully saturated rings. The SMILES string of the molecule is CNC(=O)c1cccc(Nc2nc(NC(C)(C)C)ncc2C)c1. The Labute approximate surface area is 136 Å². The Bertz CT molecular complexity index is 706. The van der Waals surface area contributed by atoms with Crippen LogP contribution in [-0.2, 0) is 0 Å². The van der Waals surface area contributed by atoms with Gasteiger partial charge in [0, 0.05) is 35.6 Å². The Kier molecular flexibility index (Phi) is 4.83. The monoisotopic (exact) mass is 313 g/mol. The van der Waals surface area contributed by atoms with Crippen LogP contribution in [-0.4, -0.2) is 28.5 Å². The Hall–Kier alpha value is -2.63. The van der Waals surface area contributed by atoms with E-state index in [-0.39, 0.29) is 11.4 Å². The first-order chi connectivity index (χ1) is 10.8. The lowest BCUT2D eigenvalue weighted by Crippen LogP contribution is -2.27. The molecule has 23 heavy (non-hydrogen) atoms. The number of carbonyl (C=O) groups is 1. The van der Waals surface area contributed by atoms with E-state index in [0.29, 0.717) is 17.3 Å². The number of amides is 1. The number of rotatable bonds is 4. The quantitative estimate of drug-likeness (QED) is 0.808. The largest absolute Gasteiger partial charge is 0.355 e. The molecule has 0 aliphatic rings. The first-order valence-electron chi connectivity index (χ1n) is 7.49. The van der Waals surface area contributed by atoms with Gasteiger partial charge in [-0.1, -0.05) is 6.07 Å². The van der Waals surface area contributed by atoms with Crippen LogP contribution >= 0.6 is 0 Å². The number of carbonyl (C=O) groups excluding carboxylic acids is 1. The van der Waals surface area contributed by atoms with Crippen LogP contribution < -0.4 is 16.0 Å². The molecule has 0 bridgehead atoms. The zero-order valence-electron chi connectivity index (χ0n) is 14.2. The molecule has 6 heteroatoms. The van der Waals surface area contributed by atoms with Gasteiger partial charge in [0.25, 0.3) is 5.91 Å². The first-order valence-corrected chi connectivity index (χ1v) is 7.49. The van der Waals surface area contributed by atoms with Crippen molar-refractivity contribution < 1.29 is 4.79 Å². The van der Waals surface area contributed by atoms with Crippen molar-refractivity contribution in [2.24, 2.45) is 0 Å². The number of benzene rings is 1. The van der Waals surface area contributed by atoms with Crippen molar-refractivity contribution in [3.8, 4) is 0 Å². The van der Waals surface area contributed by atoms with Gasteiger partial charge in [0.05, 0.1) is 0 Å².